The van der Waals surface area contributed by atoms with Gasteiger partial charge >= 0.3 is 5.97 Å². The van der Waals surface area contributed by atoms with Gasteiger partial charge in [-0.25, -0.2) is 0 Å². The van der Waals surface area contributed by atoms with Gasteiger partial charge < -0.3 is 20.7 Å². The number of nitrogens with one attached hydrogen (secondary N) is 1. The molecule has 5 nitrogen and oxygen atoms in total. The van der Waals surface area contributed by atoms with Crippen LogP contribution in [0.2, 0.25) is 0 Å². The minimum absolute atomic E-state index is 0.0743. The Morgan fingerprint density at radius 1 is 1.45 bits per heavy atom. The number of carbonyl (C=O) groups is 1. The number of ether oxygens (including phenoxy) is 1. The first-order chi connectivity index (χ1) is 9.55. The van der Waals surface area contributed by atoms with Crippen molar-refractivity contribution in [2.45, 2.75) is 39.7 Å². The maximum Gasteiger partial charge on any atom is 0.306 e. The number of nitrogens with two attached hydrogens (primary N) is 1. The summed E-state index contributed by atoms with van der Waals surface area (Å²) >= 11 is 0. The second-order valence-electron chi connectivity index (χ2n) is 6.16. The monoisotopic (exact) mass is 285 g/mol. The number of nitrogens with zero attached hydrogens (tertiary/aromatic N) is 1. The van der Waals surface area contributed by atoms with Crippen LogP contribution in [0.3, 0.4) is 0 Å². The predicted octanol–water partition coefficient (Wildman–Crippen LogP) is 0.834. The third-order valence-electron chi connectivity index (χ3n) is 3.63. The third-order valence-corrected chi connectivity index (χ3v) is 3.63. The molecule has 0 spiro atoms. The van der Waals surface area contributed by atoms with E-state index in [1.807, 2.05) is 6.92 Å². The molecule has 0 bridgehead atoms. The number of piperidine rings is 1. The van der Waals surface area contributed by atoms with E-state index in [0.717, 1.165) is 32.6 Å². The SMILES string of the molecule is CCOC(=O)CC1CC(NCC(C)C)CN(CCN)C1. The van der Waals surface area contributed by atoms with Crippen LogP contribution in [-0.2, 0) is 9.53 Å². The molecule has 20 heavy (non-hydrogen) atoms. The zero-order valence-corrected chi connectivity index (χ0v) is 13.2. The minimum atomic E-state index is -0.0743. The molecule has 1 aliphatic rings. The van der Waals surface area contributed by atoms with Crippen molar-refractivity contribution in [1.29, 1.82) is 0 Å². The summed E-state index contributed by atoms with van der Waals surface area (Å²) in [6.07, 6.45) is 1.57. The molecule has 1 fully saturated rings. The Balaban J connectivity index is 2.48. The highest BCUT2D eigenvalue weighted by atomic mass is 16.5. The Morgan fingerprint density at radius 2 is 2.20 bits per heavy atom. The third kappa shape index (κ3) is 6.68. The second kappa shape index (κ2) is 9.32. The van der Waals surface area contributed by atoms with E-state index in [4.69, 9.17) is 10.5 Å². The summed E-state index contributed by atoms with van der Waals surface area (Å²) in [7, 11) is 0. The summed E-state index contributed by atoms with van der Waals surface area (Å²) in [6, 6.07) is 0.456. The lowest BCUT2D eigenvalue weighted by molar-refractivity contribution is -0.144. The average Bonchev–Trinajstić information content (AvgIpc) is 2.36. The van der Waals surface area contributed by atoms with Crippen LogP contribution in [0.4, 0.5) is 0 Å². The summed E-state index contributed by atoms with van der Waals surface area (Å²) in [5.41, 5.74) is 5.67. The van der Waals surface area contributed by atoms with Gasteiger partial charge in [0.1, 0.15) is 0 Å². The highest BCUT2D eigenvalue weighted by Crippen LogP contribution is 2.20. The number of likely N-dealkylation sites (tertiary alicyclic amines) is 1. The Labute approximate surface area is 123 Å². The molecular formula is C15H31N3O2. The Hall–Kier alpha value is -0.650. The zero-order chi connectivity index (χ0) is 15.0. The Bertz CT molecular complexity index is 284. The number of carbonyl (C=O) groups excluding carboxylic acids is 1. The molecule has 118 valence electrons. The molecule has 0 aromatic carbocycles. The Kier molecular flexibility index (Phi) is 8.11. The van der Waals surface area contributed by atoms with Gasteiger partial charge in [-0.1, -0.05) is 13.8 Å². The van der Waals surface area contributed by atoms with Gasteiger partial charge in [-0.15, -0.1) is 0 Å². The minimum Gasteiger partial charge on any atom is -0.466 e. The van der Waals surface area contributed by atoms with Gasteiger partial charge in [-0.3, -0.25) is 4.79 Å². The number of esters is 1. The molecule has 1 aliphatic heterocycles. The van der Waals surface area contributed by atoms with Crippen molar-refractivity contribution in [3.05, 3.63) is 0 Å². The van der Waals surface area contributed by atoms with Crippen molar-refractivity contribution < 1.29 is 9.53 Å². The predicted molar refractivity (Wildman–Crippen MR) is 81.5 cm³/mol. The molecule has 0 aromatic rings. The number of hydrogen-bond acceptors (Lipinski definition) is 5. The topological polar surface area (TPSA) is 67.6 Å². The highest BCUT2D eigenvalue weighted by molar-refractivity contribution is 5.69. The fourth-order valence-electron chi connectivity index (χ4n) is 2.82. The van der Waals surface area contributed by atoms with Gasteiger partial charge in [0.25, 0.3) is 0 Å². The average molecular weight is 285 g/mol. The molecule has 0 amide bonds. The lowest BCUT2D eigenvalue weighted by atomic mass is 9.91. The fourth-order valence-corrected chi connectivity index (χ4v) is 2.82. The van der Waals surface area contributed by atoms with Crippen LogP contribution in [0.25, 0.3) is 0 Å². The Morgan fingerprint density at radius 3 is 2.80 bits per heavy atom. The molecule has 1 rings (SSSR count). The van der Waals surface area contributed by atoms with Crippen molar-refractivity contribution in [3.8, 4) is 0 Å². The standard InChI is InChI=1S/C15H31N3O2/c1-4-20-15(19)8-13-7-14(17-9-12(2)3)11-18(10-13)6-5-16/h12-14,17H,4-11,16H2,1-3H3. The molecule has 2 atom stereocenters. The number of rotatable bonds is 8. The second-order valence-corrected chi connectivity index (χ2v) is 6.16. The van der Waals surface area contributed by atoms with Gasteiger partial charge in [-0.05, 0) is 31.7 Å². The molecule has 0 aromatic heterocycles. The summed E-state index contributed by atoms with van der Waals surface area (Å²) in [5, 5.41) is 3.61. The first-order valence-electron chi connectivity index (χ1n) is 7.86. The molecule has 0 aliphatic carbocycles. The fraction of sp³-hybridized carbons (Fsp3) is 0.933. The van der Waals surface area contributed by atoms with Crippen LogP contribution in [0.15, 0.2) is 0 Å². The largest absolute Gasteiger partial charge is 0.466 e. The van der Waals surface area contributed by atoms with Crippen LogP contribution in [0, 0.1) is 11.8 Å². The van der Waals surface area contributed by atoms with Gasteiger partial charge in [0.15, 0.2) is 0 Å². The normalized spacial score (nSPS) is 24.1. The smallest absolute Gasteiger partial charge is 0.306 e. The number of hydrogen-bond donors (Lipinski definition) is 2. The molecule has 0 radical (unpaired) electrons. The lowest BCUT2D eigenvalue weighted by Gasteiger charge is -2.38. The molecule has 1 heterocycles. The highest BCUT2D eigenvalue weighted by Gasteiger charge is 2.28. The molecular weight excluding hydrogens is 254 g/mol. The van der Waals surface area contributed by atoms with E-state index in [1.54, 1.807) is 0 Å². The molecule has 2 unspecified atom stereocenters. The van der Waals surface area contributed by atoms with E-state index in [0.29, 0.717) is 37.5 Å². The van der Waals surface area contributed by atoms with Gasteiger partial charge in [0.05, 0.1) is 6.61 Å². The summed E-state index contributed by atoms with van der Waals surface area (Å²) < 4.78 is 5.07. The molecule has 0 saturated carbocycles. The van der Waals surface area contributed by atoms with Crippen LogP contribution in [-0.4, -0.2) is 56.2 Å². The van der Waals surface area contributed by atoms with Gasteiger partial charge in [0, 0.05) is 38.6 Å². The van der Waals surface area contributed by atoms with E-state index in [-0.39, 0.29) is 5.97 Å². The first kappa shape index (κ1) is 17.4. The maximum atomic E-state index is 11.7. The van der Waals surface area contributed by atoms with Crippen LogP contribution >= 0.6 is 0 Å². The summed E-state index contributed by atoms with van der Waals surface area (Å²) in [4.78, 5) is 14.0. The van der Waals surface area contributed by atoms with Crippen LogP contribution in [0.1, 0.15) is 33.6 Å². The van der Waals surface area contributed by atoms with E-state index < -0.39 is 0 Å². The van der Waals surface area contributed by atoms with Crippen molar-refractivity contribution >= 4 is 5.97 Å². The van der Waals surface area contributed by atoms with Gasteiger partial charge in [-0.2, -0.15) is 0 Å². The van der Waals surface area contributed by atoms with Crippen molar-refractivity contribution in [2.24, 2.45) is 17.6 Å². The van der Waals surface area contributed by atoms with E-state index in [9.17, 15) is 4.79 Å². The van der Waals surface area contributed by atoms with Crippen LogP contribution < -0.4 is 11.1 Å². The quantitative estimate of drug-likeness (QED) is 0.647. The van der Waals surface area contributed by atoms with Crippen LogP contribution in [0.5, 0.6) is 0 Å². The van der Waals surface area contributed by atoms with Gasteiger partial charge in [0.2, 0.25) is 0 Å². The molecule has 1 saturated heterocycles. The zero-order valence-electron chi connectivity index (χ0n) is 13.2. The lowest BCUT2D eigenvalue weighted by Crippen LogP contribution is -2.51. The van der Waals surface area contributed by atoms with Crippen molar-refractivity contribution in [1.82, 2.24) is 10.2 Å². The molecule has 5 heteroatoms. The summed E-state index contributed by atoms with van der Waals surface area (Å²) in [5.74, 6) is 0.942. The summed E-state index contributed by atoms with van der Waals surface area (Å²) in [6.45, 7) is 11.3. The van der Waals surface area contributed by atoms with Crippen molar-refractivity contribution in [3.63, 3.8) is 0 Å². The van der Waals surface area contributed by atoms with E-state index >= 15 is 0 Å². The molecule has 3 N–H and O–H groups in total. The van der Waals surface area contributed by atoms with E-state index in [1.165, 1.54) is 0 Å². The first-order valence-corrected chi connectivity index (χ1v) is 7.86. The van der Waals surface area contributed by atoms with E-state index in [2.05, 4.69) is 24.1 Å². The van der Waals surface area contributed by atoms with Crippen molar-refractivity contribution in [2.75, 3.05) is 39.3 Å². The maximum absolute atomic E-state index is 11.7.